The van der Waals surface area contributed by atoms with Crippen molar-refractivity contribution in [3.8, 4) is 23.0 Å². The van der Waals surface area contributed by atoms with Crippen LogP contribution in [-0.2, 0) is 26.2 Å². The molecule has 10 nitrogen and oxygen atoms in total. The highest BCUT2D eigenvalue weighted by molar-refractivity contribution is 5.91. The minimum atomic E-state index is -0.472. The van der Waals surface area contributed by atoms with Gasteiger partial charge < -0.3 is 19.1 Å². The van der Waals surface area contributed by atoms with Crippen LogP contribution in [0, 0.1) is 0 Å². The molecule has 0 bridgehead atoms. The number of esters is 1. The molecule has 10 heteroatoms. The summed E-state index contributed by atoms with van der Waals surface area (Å²) in [4.78, 5) is 37.6. The molecule has 260 valence electrons. The minimum Gasteiger partial charge on any atom is -0.494 e. The van der Waals surface area contributed by atoms with Crippen molar-refractivity contribution in [2.45, 2.75) is 70.5 Å². The first-order chi connectivity index (χ1) is 23.6. The maximum absolute atomic E-state index is 12.6. The van der Waals surface area contributed by atoms with Crippen LogP contribution >= 0.6 is 0 Å². The van der Waals surface area contributed by atoms with Crippen molar-refractivity contribution in [2.75, 3.05) is 26.4 Å². The largest absolute Gasteiger partial charge is 0.494 e. The van der Waals surface area contributed by atoms with Crippen LogP contribution in [0.25, 0.3) is 0 Å². The second-order valence-electron chi connectivity index (χ2n) is 11.0. The Morgan fingerprint density at radius 2 is 1.21 bits per heavy atom. The first-order valence-electron chi connectivity index (χ1n) is 16.5. The fraction of sp³-hybridized carbons (Fsp3) is 0.395. The number of carbonyl (C=O) groups is 1. The Bertz CT molecular complexity index is 1290. The predicted molar refractivity (Wildman–Crippen MR) is 182 cm³/mol. The molecule has 0 aromatic heterocycles. The predicted octanol–water partition coefficient (Wildman–Crippen LogP) is 8.86. The molecule has 0 radical (unpaired) electrons. The van der Waals surface area contributed by atoms with Gasteiger partial charge in [-0.15, -0.1) is 13.2 Å². The van der Waals surface area contributed by atoms with Crippen molar-refractivity contribution in [3.63, 3.8) is 0 Å². The van der Waals surface area contributed by atoms with Crippen LogP contribution in [0.2, 0.25) is 0 Å². The number of rotatable bonds is 27. The zero-order chi connectivity index (χ0) is 34.1. The van der Waals surface area contributed by atoms with E-state index in [4.69, 9.17) is 39.0 Å². The van der Waals surface area contributed by atoms with Gasteiger partial charge in [0.15, 0.2) is 5.75 Å². The Kier molecular flexibility index (Phi) is 19.2. The second-order valence-corrected chi connectivity index (χ2v) is 11.0. The van der Waals surface area contributed by atoms with Gasteiger partial charge in [-0.1, -0.05) is 50.0 Å². The van der Waals surface area contributed by atoms with E-state index in [0.29, 0.717) is 49.2 Å². The highest BCUT2D eigenvalue weighted by Gasteiger charge is 2.10. The van der Waals surface area contributed by atoms with Crippen molar-refractivity contribution < 1.29 is 48.7 Å². The quantitative estimate of drug-likeness (QED) is 0.0212. The molecule has 3 aromatic carbocycles. The van der Waals surface area contributed by atoms with Gasteiger partial charge in [0.1, 0.15) is 36.6 Å². The second kappa shape index (κ2) is 24.0. The van der Waals surface area contributed by atoms with Gasteiger partial charge in [0, 0.05) is 0 Å². The van der Waals surface area contributed by atoms with Crippen molar-refractivity contribution in [3.05, 3.63) is 109 Å². The zero-order valence-corrected chi connectivity index (χ0v) is 27.6. The molecule has 0 fully saturated rings. The molecule has 0 aliphatic carbocycles. The topological polar surface area (TPSA) is 111 Å². The third-order valence-electron chi connectivity index (χ3n) is 7.14. The molecule has 0 amide bonds. The average molecular weight is 665 g/mol. The highest BCUT2D eigenvalue weighted by atomic mass is 17.2. The van der Waals surface area contributed by atoms with Crippen LogP contribution in [-0.4, -0.2) is 43.8 Å². The van der Waals surface area contributed by atoms with Crippen LogP contribution in [0.1, 0.15) is 73.7 Å². The van der Waals surface area contributed by atoms with Crippen LogP contribution < -0.4 is 19.1 Å². The van der Waals surface area contributed by atoms with Gasteiger partial charge in [0.2, 0.25) is 0 Å². The van der Waals surface area contributed by atoms with Crippen LogP contribution in [0.4, 0.5) is 0 Å². The van der Waals surface area contributed by atoms with E-state index in [1.165, 1.54) is 0 Å². The summed E-state index contributed by atoms with van der Waals surface area (Å²) in [6.07, 6.45) is 11.6. The molecular weight excluding hydrogens is 616 g/mol. The molecule has 1 N–H and O–H groups in total. The van der Waals surface area contributed by atoms with Crippen LogP contribution in [0.15, 0.2) is 98.1 Å². The fourth-order valence-electron chi connectivity index (χ4n) is 4.43. The van der Waals surface area contributed by atoms with Crippen LogP contribution in [0.5, 0.6) is 23.0 Å². The maximum Gasteiger partial charge on any atom is 0.343 e. The molecule has 48 heavy (non-hydrogen) atoms. The van der Waals surface area contributed by atoms with Gasteiger partial charge in [-0.2, -0.15) is 4.89 Å². The van der Waals surface area contributed by atoms with Crippen LogP contribution in [0.3, 0.4) is 0 Å². The molecule has 0 aliphatic heterocycles. The van der Waals surface area contributed by atoms with Crippen molar-refractivity contribution >= 4 is 5.97 Å². The van der Waals surface area contributed by atoms with E-state index in [1.807, 2.05) is 24.3 Å². The van der Waals surface area contributed by atoms with E-state index in [9.17, 15) is 4.79 Å². The van der Waals surface area contributed by atoms with E-state index in [2.05, 4.69) is 18.0 Å². The van der Waals surface area contributed by atoms with E-state index in [1.54, 1.807) is 60.7 Å². The summed E-state index contributed by atoms with van der Waals surface area (Å²) in [5, 5.41) is 8.70. The first kappa shape index (κ1) is 38.3. The molecule has 0 spiro atoms. The SMILES string of the molecule is C=CCOOCCCCCCOc1ccc(COOc2ccc(OC(=O)c3ccc(OCCCCCCC(C=C)OO)cc3)cc2)cc1. The molecule has 0 aliphatic rings. The van der Waals surface area contributed by atoms with Gasteiger partial charge in [-0.3, -0.25) is 5.26 Å². The Hall–Kier alpha value is -4.19. The van der Waals surface area contributed by atoms with E-state index >= 15 is 0 Å². The summed E-state index contributed by atoms with van der Waals surface area (Å²) >= 11 is 0. The summed E-state index contributed by atoms with van der Waals surface area (Å²) in [7, 11) is 0. The van der Waals surface area contributed by atoms with E-state index in [0.717, 1.165) is 69.1 Å². The van der Waals surface area contributed by atoms with Gasteiger partial charge in [0.25, 0.3) is 0 Å². The van der Waals surface area contributed by atoms with E-state index < -0.39 is 5.97 Å². The number of unbranched alkanes of at least 4 members (excludes halogenated alkanes) is 6. The third-order valence-corrected chi connectivity index (χ3v) is 7.14. The van der Waals surface area contributed by atoms with Crippen molar-refractivity contribution in [1.29, 1.82) is 0 Å². The Morgan fingerprint density at radius 1 is 0.646 bits per heavy atom. The lowest BCUT2D eigenvalue weighted by Crippen LogP contribution is -2.08. The van der Waals surface area contributed by atoms with Gasteiger partial charge in [0.05, 0.1) is 25.4 Å². The molecule has 0 heterocycles. The smallest absolute Gasteiger partial charge is 0.343 e. The number of hydrogen-bond donors (Lipinski definition) is 1. The number of benzene rings is 3. The number of carbonyl (C=O) groups excluding carboxylic acids is 1. The lowest BCUT2D eigenvalue weighted by molar-refractivity contribution is -0.286. The zero-order valence-electron chi connectivity index (χ0n) is 27.6. The molecule has 1 unspecified atom stereocenters. The summed E-state index contributed by atoms with van der Waals surface area (Å²) in [6.45, 7) is 9.66. The summed E-state index contributed by atoms with van der Waals surface area (Å²) in [5.41, 5.74) is 1.35. The third kappa shape index (κ3) is 16.1. The summed E-state index contributed by atoms with van der Waals surface area (Å²) in [6, 6.07) is 21.1. The maximum atomic E-state index is 12.6. The lowest BCUT2D eigenvalue weighted by atomic mass is 10.1. The fourth-order valence-corrected chi connectivity index (χ4v) is 4.43. The molecule has 3 aromatic rings. The van der Waals surface area contributed by atoms with Gasteiger partial charge in [-0.05, 0) is 98.3 Å². The van der Waals surface area contributed by atoms with E-state index in [-0.39, 0.29) is 12.7 Å². The Labute approximate surface area is 283 Å². The average Bonchev–Trinajstić information content (AvgIpc) is 3.12. The van der Waals surface area contributed by atoms with Crippen molar-refractivity contribution in [2.24, 2.45) is 0 Å². The Morgan fingerprint density at radius 3 is 1.81 bits per heavy atom. The standard InChI is InChI=1S/C38H48O10/c1-3-26-43-44-29-12-8-7-11-28-41-34-18-14-31(15-19-34)30-45-48-37-24-22-36(23-25-37)46-38(39)32-16-20-35(21-17-32)42-27-10-6-5-9-13-33(4-2)47-40/h3-4,14-25,33,40H,1-2,5-13,26-30H2. The molecule has 0 saturated carbocycles. The molecule has 0 saturated heterocycles. The van der Waals surface area contributed by atoms with Crippen molar-refractivity contribution in [1.82, 2.24) is 0 Å². The number of ether oxygens (including phenoxy) is 3. The minimum absolute atomic E-state index is 0.257. The lowest BCUT2D eigenvalue weighted by Gasteiger charge is -2.09. The monoisotopic (exact) mass is 664 g/mol. The molecule has 1 atom stereocenters. The summed E-state index contributed by atoms with van der Waals surface area (Å²) in [5.74, 6) is 1.89. The highest BCUT2D eigenvalue weighted by Crippen LogP contribution is 2.21. The Balaban J connectivity index is 1.25. The molecular formula is C38H48O10. The van der Waals surface area contributed by atoms with Gasteiger partial charge in [-0.25, -0.2) is 19.5 Å². The summed E-state index contributed by atoms with van der Waals surface area (Å²) < 4.78 is 17.1. The number of hydrogen-bond acceptors (Lipinski definition) is 10. The molecule has 3 rings (SSSR count). The normalized spacial score (nSPS) is 11.4. The first-order valence-corrected chi connectivity index (χ1v) is 16.5. The van der Waals surface area contributed by atoms with Gasteiger partial charge >= 0.3 is 5.97 Å².